The number of carbonyl (C=O) groups excluding carboxylic acids is 2. The van der Waals surface area contributed by atoms with Gasteiger partial charge in [0.25, 0.3) is 5.91 Å². The van der Waals surface area contributed by atoms with E-state index in [1.807, 2.05) is 36.4 Å². The Bertz CT molecular complexity index is 1050. The molecule has 1 aromatic heterocycles. The maximum Gasteiger partial charge on any atom is 0.348 e. The minimum absolute atomic E-state index is 0.225. The zero-order valence-electron chi connectivity index (χ0n) is 16.6. The van der Waals surface area contributed by atoms with E-state index in [-0.39, 0.29) is 12.5 Å². The van der Waals surface area contributed by atoms with Crippen LogP contribution in [0.15, 0.2) is 42.5 Å². The molecule has 1 amide bonds. The number of aryl methyl sites for hydroxylation is 2. The minimum atomic E-state index is -0.411. The zero-order valence-corrected chi connectivity index (χ0v) is 17.4. The molecule has 150 valence electrons. The van der Waals surface area contributed by atoms with Crippen molar-refractivity contribution in [3.63, 3.8) is 0 Å². The van der Waals surface area contributed by atoms with Gasteiger partial charge in [-0.2, -0.15) is 0 Å². The second kappa shape index (κ2) is 8.25. The number of thiophene rings is 1. The zero-order chi connectivity index (χ0) is 20.4. The van der Waals surface area contributed by atoms with Gasteiger partial charge in [-0.25, -0.2) is 4.79 Å². The van der Waals surface area contributed by atoms with Crippen LogP contribution in [0.1, 0.15) is 32.1 Å². The number of hydrogen-bond acceptors (Lipinski definition) is 5. The van der Waals surface area contributed by atoms with E-state index < -0.39 is 5.97 Å². The summed E-state index contributed by atoms with van der Waals surface area (Å²) in [7, 11) is 3.36. The van der Waals surface area contributed by atoms with Gasteiger partial charge in [-0.1, -0.05) is 18.2 Å². The Morgan fingerprint density at radius 1 is 1.07 bits per heavy atom. The Labute approximate surface area is 173 Å². The van der Waals surface area contributed by atoms with Gasteiger partial charge in [-0.3, -0.25) is 4.79 Å². The van der Waals surface area contributed by atoms with Gasteiger partial charge >= 0.3 is 5.97 Å². The summed E-state index contributed by atoms with van der Waals surface area (Å²) in [6, 6.07) is 13.9. The van der Waals surface area contributed by atoms with Crippen LogP contribution in [0.5, 0.6) is 5.75 Å². The lowest BCUT2D eigenvalue weighted by molar-refractivity contribution is -0.133. The van der Waals surface area contributed by atoms with Crippen LogP contribution >= 0.6 is 11.3 Å². The highest BCUT2D eigenvalue weighted by atomic mass is 32.1. The van der Waals surface area contributed by atoms with Crippen LogP contribution in [0.4, 0.5) is 0 Å². The number of amides is 1. The monoisotopic (exact) mass is 409 g/mol. The molecule has 5 nitrogen and oxygen atoms in total. The van der Waals surface area contributed by atoms with Crippen molar-refractivity contribution in [2.75, 3.05) is 20.8 Å². The van der Waals surface area contributed by atoms with Gasteiger partial charge in [0.2, 0.25) is 0 Å². The first-order valence-electron chi connectivity index (χ1n) is 9.63. The number of nitrogens with zero attached hydrogens (tertiary/aromatic N) is 1. The summed E-state index contributed by atoms with van der Waals surface area (Å²) < 4.78 is 10.5. The van der Waals surface area contributed by atoms with Gasteiger partial charge in [0.1, 0.15) is 10.6 Å². The largest absolute Gasteiger partial charge is 0.497 e. The normalized spacial score (nSPS) is 12.6. The molecule has 0 radical (unpaired) electrons. The summed E-state index contributed by atoms with van der Waals surface area (Å²) in [5, 5.41) is 2.17. The SMILES string of the molecule is COc1ccc2cc(CN(C)C(=O)COC(=O)c3cc4c(s3)CCC4)ccc2c1. The molecule has 1 aliphatic rings. The number of carbonyl (C=O) groups is 2. The highest BCUT2D eigenvalue weighted by Gasteiger charge is 2.20. The van der Waals surface area contributed by atoms with E-state index in [1.54, 1.807) is 19.1 Å². The molecule has 0 N–H and O–H groups in total. The van der Waals surface area contributed by atoms with E-state index in [4.69, 9.17) is 9.47 Å². The fourth-order valence-corrected chi connectivity index (χ4v) is 4.75. The van der Waals surface area contributed by atoms with Crippen LogP contribution in [0.2, 0.25) is 0 Å². The van der Waals surface area contributed by atoms with Crippen LogP contribution in [0.3, 0.4) is 0 Å². The third kappa shape index (κ3) is 4.27. The maximum atomic E-state index is 12.4. The Morgan fingerprint density at radius 2 is 1.86 bits per heavy atom. The maximum absolute atomic E-state index is 12.4. The molecular weight excluding hydrogens is 386 g/mol. The smallest absolute Gasteiger partial charge is 0.348 e. The van der Waals surface area contributed by atoms with Gasteiger partial charge in [0.05, 0.1) is 7.11 Å². The van der Waals surface area contributed by atoms with E-state index in [0.717, 1.165) is 41.3 Å². The van der Waals surface area contributed by atoms with E-state index >= 15 is 0 Å². The van der Waals surface area contributed by atoms with Gasteiger partial charge in [-0.05, 0) is 65.4 Å². The van der Waals surface area contributed by atoms with Crippen molar-refractivity contribution < 1.29 is 19.1 Å². The Kier molecular flexibility index (Phi) is 5.53. The summed E-state index contributed by atoms with van der Waals surface area (Å²) in [5.41, 5.74) is 2.26. The molecule has 1 aliphatic carbocycles. The molecule has 3 aromatic rings. The van der Waals surface area contributed by atoms with E-state index in [1.165, 1.54) is 21.8 Å². The van der Waals surface area contributed by atoms with Crippen LogP contribution in [-0.2, 0) is 28.9 Å². The van der Waals surface area contributed by atoms with Crippen LogP contribution in [0, 0.1) is 0 Å². The van der Waals surface area contributed by atoms with Gasteiger partial charge in [0, 0.05) is 18.5 Å². The lowest BCUT2D eigenvalue weighted by Crippen LogP contribution is -2.30. The molecule has 0 saturated carbocycles. The number of ether oxygens (including phenoxy) is 2. The molecule has 1 heterocycles. The van der Waals surface area contributed by atoms with Gasteiger partial charge in [0.15, 0.2) is 6.61 Å². The lowest BCUT2D eigenvalue weighted by Gasteiger charge is -2.17. The van der Waals surface area contributed by atoms with E-state index in [0.29, 0.717) is 11.4 Å². The average molecular weight is 410 g/mol. The summed E-state index contributed by atoms with van der Waals surface area (Å²) in [4.78, 5) is 28.1. The predicted molar refractivity (Wildman–Crippen MR) is 114 cm³/mol. The summed E-state index contributed by atoms with van der Waals surface area (Å²) >= 11 is 1.49. The topological polar surface area (TPSA) is 55.8 Å². The van der Waals surface area contributed by atoms with Gasteiger partial charge < -0.3 is 14.4 Å². The number of hydrogen-bond donors (Lipinski definition) is 0. The fraction of sp³-hybridized carbons (Fsp3) is 0.304. The van der Waals surface area contributed by atoms with Crippen molar-refractivity contribution in [2.45, 2.75) is 25.8 Å². The predicted octanol–water partition coefficient (Wildman–Crippen LogP) is 4.21. The number of fused-ring (bicyclic) bond motifs is 2. The number of likely N-dealkylation sites (N-methyl/N-ethyl adjacent to an activating group) is 1. The first-order valence-corrected chi connectivity index (χ1v) is 10.4. The molecule has 0 unspecified atom stereocenters. The first kappa shape index (κ1) is 19.5. The molecule has 2 aromatic carbocycles. The molecule has 0 spiro atoms. The average Bonchev–Trinajstić information content (AvgIpc) is 3.33. The lowest BCUT2D eigenvalue weighted by atomic mass is 10.1. The number of benzene rings is 2. The molecule has 0 atom stereocenters. The minimum Gasteiger partial charge on any atom is -0.497 e. The summed E-state index contributed by atoms with van der Waals surface area (Å²) in [6.45, 7) is 0.203. The van der Waals surface area contributed by atoms with Crippen LogP contribution in [0.25, 0.3) is 10.8 Å². The number of esters is 1. The molecule has 4 rings (SSSR count). The number of methoxy groups -OCH3 is 1. The van der Waals surface area contributed by atoms with Crippen LogP contribution < -0.4 is 4.74 Å². The molecule has 6 heteroatoms. The van der Waals surface area contributed by atoms with Crippen molar-refractivity contribution in [1.29, 1.82) is 0 Å². The third-order valence-electron chi connectivity index (χ3n) is 5.23. The van der Waals surface area contributed by atoms with Crippen molar-refractivity contribution >= 4 is 34.0 Å². The highest BCUT2D eigenvalue weighted by Crippen LogP contribution is 2.31. The molecule has 0 fully saturated rings. The van der Waals surface area contributed by atoms with Crippen LogP contribution in [-0.4, -0.2) is 37.5 Å². The van der Waals surface area contributed by atoms with E-state index in [2.05, 4.69) is 6.07 Å². The first-order chi connectivity index (χ1) is 14.0. The molecule has 0 saturated heterocycles. The second-order valence-electron chi connectivity index (χ2n) is 7.29. The molecule has 0 bridgehead atoms. The second-order valence-corrected chi connectivity index (χ2v) is 8.42. The molecule has 0 aliphatic heterocycles. The standard InChI is InChI=1S/C23H23NO4S/c1-24(13-15-6-7-17-11-19(27-2)9-8-16(17)10-15)22(25)14-28-23(26)21-12-18-4-3-5-20(18)29-21/h6-12H,3-5,13-14H2,1-2H3. The highest BCUT2D eigenvalue weighted by molar-refractivity contribution is 7.14. The Balaban J connectivity index is 1.34. The van der Waals surface area contributed by atoms with Crippen molar-refractivity contribution in [3.8, 4) is 5.75 Å². The van der Waals surface area contributed by atoms with Crippen molar-refractivity contribution in [3.05, 3.63) is 63.3 Å². The van der Waals surface area contributed by atoms with Crippen molar-refractivity contribution in [2.24, 2.45) is 0 Å². The Hall–Kier alpha value is -2.86. The fourth-order valence-electron chi connectivity index (χ4n) is 3.60. The molecular formula is C23H23NO4S. The quantitative estimate of drug-likeness (QED) is 0.572. The summed E-state index contributed by atoms with van der Waals surface area (Å²) in [5.74, 6) is 0.179. The van der Waals surface area contributed by atoms with E-state index in [9.17, 15) is 9.59 Å². The van der Waals surface area contributed by atoms with Gasteiger partial charge in [-0.15, -0.1) is 11.3 Å². The Morgan fingerprint density at radius 3 is 2.66 bits per heavy atom. The van der Waals surface area contributed by atoms with Crippen molar-refractivity contribution in [1.82, 2.24) is 4.90 Å². The summed E-state index contributed by atoms with van der Waals surface area (Å²) in [6.07, 6.45) is 3.22. The third-order valence-corrected chi connectivity index (χ3v) is 6.45. The molecule has 29 heavy (non-hydrogen) atoms. The number of rotatable bonds is 6.